The fraction of sp³-hybridized carbons (Fsp3) is 0.571. The van der Waals surface area contributed by atoms with Crippen molar-refractivity contribution in [3.63, 3.8) is 0 Å². The number of hydrogen-bond donors (Lipinski definition) is 0. The summed E-state index contributed by atoms with van der Waals surface area (Å²) < 4.78 is 23.8. The Hall–Kier alpha value is -0.970. The normalized spacial score (nSPS) is 21.1. The molecule has 1 atom stereocenters. The fourth-order valence-corrected chi connectivity index (χ4v) is 2.24. The molecule has 2 rings (SSSR count). The van der Waals surface area contributed by atoms with Crippen molar-refractivity contribution in [2.24, 2.45) is 0 Å². The minimum Gasteiger partial charge on any atom is -0.385 e. The Balaban J connectivity index is 1.85. The lowest BCUT2D eigenvalue weighted by atomic mass is 10.1. The van der Waals surface area contributed by atoms with Gasteiger partial charge in [-0.25, -0.2) is 4.39 Å². The first-order valence-electron chi connectivity index (χ1n) is 6.35. The summed E-state index contributed by atoms with van der Waals surface area (Å²) in [4.78, 5) is 2.30. The highest BCUT2D eigenvalue weighted by Gasteiger charge is 2.20. The van der Waals surface area contributed by atoms with E-state index >= 15 is 0 Å². The largest absolute Gasteiger partial charge is 0.385 e. The molecule has 0 N–H and O–H groups in total. The molecule has 1 aromatic rings. The van der Waals surface area contributed by atoms with Gasteiger partial charge in [-0.15, -0.1) is 0 Å². The summed E-state index contributed by atoms with van der Waals surface area (Å²) >= 11 is 0. The highest BCUT2D eigenvalue weighted by molar-refractivity contribution is 5.16. The Kier molecular flexibility index (Phi) is 5.11. The van der Waals surface area contributed by atoms with E-state index in [1.807, 2.05) is 6.07 Å². The second-order valence-corrected chi connectivity index (χ2v) is 4.64. The maximum atomic E-state index is 13.1. The molecule has 1 fully saturated rings. The quantitative estimate of drug-likeness (QED) is 0.802. The highest BCUT2D eigenvalue weighted by Crippen LogP contribution is 2.13. The van der Waals surface area contributed by atoms with Crippen molar-refractivity contribution in [2.45, 2.75) is 19.1 Å². The SMILES string of the molecule is COCC[C@H]1CN(Cc2cccc(F)c2)CCO1. The van der Waals surface area contributed by atoms with Crippen LogP contribution in [0.3, 0.4) is 0 Å². The number of methoxy groups -OCH3 is 1. The van der Waals surface area contributed by atoms with Gasteiger partial charge in [0.2, 0.25) is 0 Å². The number of morpholine rings is 1. The summed E-state index contributed by atoms with van der Waals surface area (Å²) in [6, 6.07) is 6.79. The molecule has 4 heteroatoms. The lowest BCUT2D eigenvalue weighted by molar-refractivity contribution is -0.0432. The average Bonchev–Trinajstić information content (AvgIpc) is 2.37. The zero-order valence-electron chi connectivity index (χ0n) is 10.8. The van der Waals surface area contributed by atoms with Crippen LogP contribution in [0, 0.1) is 5.82 Å². The molecule has 1 aromatic carbocycles. The Labute approximate surface area is 107 Å². The maximum Gasteiger partial charge on any atom is 0.123 e. The van der Waals surface area contributed by atoms with Crippen molar-refractivity contribution in [1.82, 2.24) is 4.90 Å². The van der Waals surface area contributed by atoms with Crippen LogP contribution in [0.4, 0.5) is 4.39 Å². The second kappa shape index (κ2) is 6.83. The Morgan fingerprint density at radius 3 is 3.17 bits per heavy atom. The van der Waals surface area contributed by atoms with Crippen LogP contribution in [0.25, 0.3) is 0 Å². The van der Waals surface area contributed by atoms with Crippen LogP contribution in [0.15, 0.2) is 24.3 Å². The summed E-state index contributed by atoms with van der Waals surface area (Å²) in [5.41, 5.74) is 1.02. The summed E-state index contributed by atoms with van der Waals surface area (Å²) in [6.45, 7) is 4.03. The third-order valence-electron chi connectivity index (χ3n) is 3.16. The number of nitrogens with zero attached hydrogens (tertiary/aromatic N) is 1. The molecule has 1 aliphatic rings. The fourth-order valence-electron chi connectivity index (χ4n) is 2.24. The zero-order valence-corrected chi connectivity index (χ0v) is 10.8. The van der Waals surface area contributed by atoms with Crippen molar-refractivity contribution in [2.75, 3.05) is 33.4 Å². The minimum absolute atomic E-state index is 0.170. The lowest BCUT2D eigenvalue weighted by Gasteiger charge is -2.32. The Bertz CT molecular complexity index is 373. The van der Waals surface area contributed by atoms with Gasteiger partial charge in [0, 0.05) is 33.4 Å². The van der Waals surface area contributed by atoms with Gasteiger partial charge in [-0.05, 0) is 24.1 Å². The summed E-state index contributed by atoms with van der Waals surface area (Å²) in [5.74, 6) is -0.170. The topological polar surface area (TPSA) is 21.7 Å². The molecule has 1 heterocycles. The number of rotatable bonds is 5. The predicted molar refractivity (Wildman–Crippen MR) is 67.9 cm³/mol. The van der Waals surface area contributed by atoms with Crippen LogP contribution in [-0.2, 0) is 16.0 Å². The molecular weight excluding hydrogens is 233 g/mol. The van der Waals surface area contributed by atoms with Gasteiger partial charge < -0.3 is 9.47 Å². The second-order valence-electron chi connectivity index (χ2n) is 4.64. The molecule has 18 heavy (non-hydrogen) atoms. The van der Waals surface area contributed by atoms with Gasteiger partial charge in [0.15, 0.2) is 0 Å². The van der Waals surface area contributed by atoms with Crippen LogP contribution in [0.5, 0.6) is 0 Å². The Morgan fingerprint density at radius 2 is 2.39 bits per heavy atom. The summed E-state index contributed by atoms with van der Waals surface area (Å²) in [6.07, 6.45) is 1.14. The van der Waals surface area contributed by atoms with Gasteiger partial charge in [0.05, 0.1) is 12.7 Å². The first-order chi connectivity index (χ1) is 8.78. The minimum atomic E-state index is -0.170. The van der Waals surface area contributed by atoms with Crippen molar-refractivity contribution >= 4 is 0 Å². The van der Waals surface area contributed by atoms with Gasteiger partial charge in [-0.1, -0.05) is 12.1 Å². The van der Waals surface area contributed by atoms with E-state index in [0.717, 1.165) is 44.8 Å². The molecule has 1 saturated heterocycles. The standard InChI is InChI=1S/C14H20FNO2/c1-17-7-5-14-11-16(6-8-18-14)10-12-3-2-4-13(15)9-12/h2-4,9,14H,5-8,10-11H2,1H3/t14-/m0/s1. The summed E-state index contributed by atoms with van der Waals surface area (Å²) in [5, 5.41) is 0. The van der Waals surface area contributed by atoms with Crippen LogP contribution in [-0.4, -0.2) is 44.4 Å². The molecule has 0 amide bonds. The first kappa shape index (κ1) is 13.5. The molecule has 0 unspecified atom stereocenters. The molecule has 3 nitrogen and oxygen atoms in total. The van der Waals surface area contributed by atoms with E-state index in [1.165, 1.54) is 6.07 Å². The van der Waals surface area contributed by atoms with E-state index in [9.17, 15) is 4.39 Å². The molecule has 0 saturated carbocycles. The number of halogens is 1. The predicted octanol–water partition coefficient (Wildman–Crippen LogP) is 2.06. The van der Waals surface area contributed by atoms with Gasteiger partial charge >= 0.3 is 0 Å². The molecule has 0 radical (unpaired) electrons. The van der Waals surface area contributed by atoms with Crippen molar-refractivity contribution in [3.05, 3.63) is 35.6 Å². The average molecular weight is 253 g/mol. The summed E-state index contributed by atoms with van der Waals surface area (Å²) in [7, 11) is 1.70. The third kappa shape index (κ3) is 4.05. The first-order valence-corrected chi connectivity index (χ1v) is 6.35. The van der Waals surface area contributed by atoms with Gasteiger partial charge in [0.25, 0.3) is 0 Å². The van der Waals surface area contributed by atoms with Gasteiger partial charge in [0.1, 0.15) is 5.82 Å². The molecule has 0 aliphatic carbocycles. The maximum absolute atomic E-state index is 13.1. The van der Waals surface area contributed by atoms with Crippen LogP contribution < -0.4 is 0 Å². The third-order valence-corrected chi connectivity index (χ3v) is 3.16. The van der Waals surface area contributed by atoms with E-state index in [2.05, 4.69) is 4.90 Å². The highest BCUT2D eigenvalue weighted by atomic mass is 19.1. The molecule has 1 aliphatic heterocycles. The van der Waals surface area contributed by atoms with Crippen LogP contribution >= 0.6 is 0 Å². The van der Waals surface area contributed by atoms with E-state index < -0.39 is 0 Å². The monoisotopic (exact) mass is 253 g/mol. The number of hydrogen-bond acceptors (Lipinski definition) is 3. The van der Waals surface area contributed by atoms with Crippen molar-refractivity contribution in [3.8, 4) is 0 Å². The molecular formula is C14H20FNO2. The van der Waals surface area contributed by atoms with Crippen molar-refractivity contribution < 1.29 is 13.9 Å². The van der Waals surface area contributed by atoms with Crippen LogP contribution in [0.2, 0.25) is 0 Å². The van der Waals surface area contributed by atoms with Gasteiger partial charge in [-0.2, -0.15) is 0 Å². The Morgan fingerprint density at radius 1 is 1.50 bits per heavy atom. The van der Waals surface area contributed by atoms with E-state index in [1.54, 1.807) is 19.2 Å². The van der Waals surface area contributed by atoms with Crippen LogP contribution in [0.1, 0.15) is 12.0 Å². The van der Waals surface area contributed by atoms with Gasteiger partial charge in [-0.3, -0.25) is 4.90 Å². The lowest BCUT2D eigenvalue weighted by Crippen LogP contribution is -2.42. The molecule has 0 spiro atoms. The van der Waals surface area contributed by atoms with Crippen molar-refractivity contribution in [1.29, 1.82) is 0 Å². The molecule has 0 bridgehead atoms. The van der Waals surface area contributed by atoms with E-state index in [0.29, 0.717) is 0 Å². The van der Waals surface area contributed by atoms with E-state index in [4.69, 9.17) is 9.47 Å². The smallest absolute Gasteiger partial charge is 0.123 e. The molecule has 0 aromatic heterocycles. The van der Waals surface area contributed by atoms with E-state index in [-0.39, 0.29) is 11.9 Å². The molecule has 100 valence electrons. The number of ether oxygens (including phenoxy) is 2. The zero-order chi connectivity index (χ0) is 12.8. The number of benzene rings is 1.